The summed E-state index contributed by atoms with van der Waals surface area (Å²) in [4.78, 5) is 10.3. The Morgan fingerprint density at radius 1 is 1.17 bits per heavy atom. The van der Waals surface area contributed by atoms with Gasteiger partial charge < -0.3 is 10.2 Å². The van der Waals surface area contributed by atoms with Crippen molar-refractivity contribution in [1.82, 2.24) is 0 Å². The third-order valence-electron chi connectivity index (χ3n) is 2.48. The van der Waals surface area contributed by atoms with Crippen molar-refractivity contribution in [1.29, 1.82) is 0 Å². The number of benzene rings is 1. The Bertz CT molecular complexity index is 435. The molecule has 0 heterocycles. The molecule has 6 heteroatoms. The van der Waals surface area contributed by atoms with Crippen molar-refractivity contribution in [2.24, 2.45) is 0 Å². The molecule has 0 aromatic heterocycles. The summed E-state index contributed by atoms with van der Waals surface area (Å²) in [5.41, 5.74) is 0.0106. The quantitative estimate of drug-likeness (QED) is 0.773. The Morgan fingerprint density at radius 2 is 1.78 bits per heavy atom. The second-order valence-electron chi connectivity index (χ2n) is 4.00. The number of carbonyl (C=O) groups is 1. The van der Waals surface area contributed by atoms with Gasteiger partial charge in [-0.05, 0) is 30.9 Å². The highest BCUT2D eigenvalue weighted by Gasteiger charge is 2.12. The van der Waals surface area contributed by atoms with Gasteiger partial charge in [-0.15, -0.1) is 0 Å². The van der Waals surface area contributed by atoms with Gasteiger partial charge in [-0.3, -0.25) is 4.79 Å². The summed E-state index contributed by atoms with van der Waals surface area (Å²) in [5, 5.41) is 17.7. The number of carboxylic acid groups (broad SMARTS) is 1. The summed E-state index contributed by atoms with van der Waals surface area (Å²) in [7, 11) is 0. The highest BCUT2D eigenvalue weighted by molar-refractivity contribution is 5.67. The molecule has 0 spiro atoms. The normalized spacial score (nSPS) is 12.4. The van der Waals surface area contributed by atoms with Crippen LogP contribution in [0.1, 0.15) is 24.8 Å². The van der Waals surface area contributed by atoms with Crippen molar-refractivity contribution in [3.8, 4) is 0 Å². The Balaban J connectivity index is 2.49. The van der Waals surface area contributed by atoms with Gasteiger partial charge in [-0.25, -0.2) is 13.2 Å². The van der Waals surface area contributed by atoms with Gasteiger partial charge in [0.1, 0.15) is 5.82 Å². The van der Waals surface area contributed by atoms with E-state index >= 15 is 0 Å². The molecular weight excluding hydrogens is 249 g/mol. The molecule has 1 aromatic carbocycles. The van der Waals surface area contributed by atoms with Gasteiger partial charge in [-0.1, -0.05) is 0 Å². The molecule has 100 valence electrons. The van der Waals surface area contributed by atoms with Crippen LogP contribution in [0, 0.1) is 17.5 Å². The monoisotopic (exact) mass is 262 g/mol. The number of aliphatic hydroxyl groups is 1. The number of rotatable bonds is 6. The van der Waals surface area contributed by atoms with E-state index in [2.05, 4.69) is 0 Å². The fraction of sp³-hybridized carbons (Fsp3) is 0.417. The van der Waals surface area contributed by atoms with E-state index in [1.54, 1.807) is 0 Å². The first kappa shape index (κ1) is 14.5. The van der Waals surface area contributed by atoms with Crippen molar-refractivity contribution in [3.63, 3.8) is 0 Å². The van der Waals surface area contributed by atoms with Crippen LogP contribution in [0.5, 0.6) is 0 Å². The van der Waals surface area contributed by atoms with Gasteiger partial charge in [0.2, 0.25) is 0 Å². The van der Waals surface area contributed by atoms with E-state index < -0.39 is 29.5 Å². The lowest BCUT2D eigenvalue weighted by atomic mass is 10.0. The van der Waals surface area contributed by atoms with E-state index in [1.807, 2.05) is 0 Å². The lowest BCUT2D eigenvalue weighted by Gasteiger charge is -2.08. The number of aliphatic hydroxyl groups excluding tert-OH is 1. The fourth-order valence-corrected chi connectivity index (χ4v) is 1.59. The van der Waals surface area contributed by atoms with Gasteiger partial charge in [0.15, 0.2) is 11.6 Å². The van der Waals surface area contributed by atoms with Crippen molar-refractivity contribution in [2.45, 2.75) is 31.8 Å². The molecule has 0 aliphatic heterocycles. The van der Waals surface area contributed by atoms with Crippen LogP contribution in [0.4, 0.5) is 13.2 Å². The predicted octanol–water partition coefficient (Wildman–Crippen LogP) is 2.26. The van der Waals surface area contributed by atoms with Crippen LogP contribution in [-0.2, 0) is 11.2 Å². The van der Waals surface area contributed by atoms with Gasteiger partial charge in [-0.2, -0.15) is 0 Å². The maximum Gasteiger partial charge on any atom is 0.305 e. The van der Waals surface area contributed by atoms with Gasteiger partial charge in [0.05, 0.1) is 12.5 Å². The molecule has 3 nitrogen and oxygen atoms in total. The zero-order valence-corrected chi connectivity index (χ0v) is 9.50. The second-order valence-corrected chi connectivity index (χ2v) is 4.00. The standard InChI is InChI=1S/C12H13F3O3/c13-9-6-11(15)10(14)4-7(9)2-1-3-8(16)5-12(17)18/h4,6,8,16H,1-3,5H2,(H,17,18). The minimum Gasteiger partial charge on any atom is -0.481 e. The predicted molar refractivity (Wildman–Crippen MR) is 57.5 cm³/mol. The minimum atomic E-state index is -1.25. The third kappa shape index (κ3) is 4.37. The number of aliphatic carboxylic acids is 1. The molecule has 0 aliphatic carbocycles. The van der Waals surface area contributed by atoms with Crippen LogP contribution < -0.4 is 0 Å². The number of hydrogen-bond acceptors (Lipinski definition) is 2. The molecule has 0 radical (unpaired) electrons. The first-order valence-electron chi connectivity index (χ1n) is 5.43. The molecule has 0 aliphatic rings. The van der Waals surface area contributed by atoms with Crippen molar-refractivity contribution in [2.75, 3.05) is 0 Å². The Kier molecular flexibility index (Phi) is 5.15. The molecule has 0 saturated carbocycles. The second kappa shape index (κ2) is 6.39. The van der Waals surface area contributed by atoms with Gasteiger partial charge in [0, 0.05) is 6.07 Å². The van der Waals surface area contributed by atoms with E-state index in [-0.39, 0.29) is 31.2 Å². The summed E-state index contributed by atoms with van der Waals surface area (Å²) in [5.74, 6) is -4.34. The van der Waals surface area contributed by atoms with Crippen molar-refractivity contribution >= 4 is 5.97 Å². The van der Waals surface area contributed by atoms with E-state index in [4.69, 9.17) is 5.11 Å². The Morgan fingerprint density at radius 3 is 2.39 bits per heavy atom. The topological polar surface area (TPSA) is 57.5 Å². The summed E-state index contributed by atoms with van der Waals surface area (Å²) >= 11 is 0. The SMILES string of the molecule is O=C(O)CC(O)CCCc1cc(F)c(F)cc1F. The number of hydrogen-bond donors (Lipinski definition) is 2. The van der Waals surface area contributed by atoms with Crippen LogP contribution in [0.3, 0.4) is 0 Å². The number of halogens is 3. The molecule has 0 saturated heterocycles. The smallest absolute Gasteiger partial charge is 0.305 e. The van der Waals surface area contributed by atoms with Gasteiger partial charge >= 0.3 is 5.97 Å². The average molecular weight is 262 g/mol. The number of carboxylic acids is 1. The Labute approximate surface area is 102 Å². The summed E-state index contributed by atoms with van der Waals surface area (Å²) in [6, 6.07) is 1.24. The summed E-state index contributed by atoms with van der Waals surface area (Å²) < 4.78 is 38.7. The molecule has 1 atom stereocenters. The molecular formula is C12H13F3O3. The van der Waals surface area contributed by atoms with Crippen LogP contribution in [-0.4, -0.2) is 22.3 Å². The molecule has 0 amide bonds. The zero-order chi connectivity index (χ0) is 13.7. The molecule has 0 bridgehead atoms. The first-order chi connectivity index (χ1) is 8.40. The molecule has 2 N–H and O–H groups in total. The van der Waals surface area contributed by atoms with E-state index in [1.165, 1.54) is 0 Å². The molecule has 18 heavy (non-hydrogen) atoms. The Hall–Kier alpha value is -1.56. The van der Waals surface area contributed by atoms with Crippen LogP contribution in [0.2, 0.25) is 0 Å². The van der Waals surface area contributed by atoms with Crippen LogP contribution in [0.25, 0.3) is 0 Å². The van der Waals surface area contributed by atoms with Gasteiger partial charge in [0.25, 0.3) is 0 Å². The van der Waals surface area contributed by atoms with Crippen molar-refractivity contribution in [3.05, 3.63) is 35.1 Å². The maximum absolute atomic E-state index is 13.2. The highest BCUT2D eigenvalue weighted by Crippen LogP contribution is 2.16. The summed E-state index contributed by atoms with van der Waals surface area (Å²) in [6.45, 7) is 0. The lowest BCUT2D eigenvalue weighted by molar-refractivity contribution is -0.139. The number of aryl methyl sites for hydroxylation is 1. The molecule has 1 aromatic rings. The largest absolute Gasteiger partial charge is 0.481 e. The van der Waals surface area contributed by atoms with E-state index in [0.717, 1.165) is 6.07 Å². The van der Waals surface area contributed by atoms with Crippen LogP contribution in [0.15, 0.2) is 12.1 Å². The molecule has 0 fully saturated rings. The fourth-order valence-electron chi connectivity index (χ4n) is 1.59. The zero-order valence-electron chi connectivity index (χ0n) is 9.50. The van der Waals surface area contributed by atoms with Crippen molar-refractivity contribution < 1.29 is 28.2 Å². The van der Waals surface area contributed by atoms with E-state index in [9.17, 15) is 23.1 Å². The highest BCUT2D eigenvalue weighted by atomic mass is 19.2. The first-order valence-corrected chi connectivity index (χ1v) is 5.43. The summed E-state index contributed by atoms with van der Waals surface area (Å²) in [6.07, 6.45) is -0.850. The molecule has 1 rings (SSSR count). The minimum absolute atomic E-state index is 0.0106. The molecule has 1 unspecified atom stereocenters. The van der Waals surface area contributed by atoms with Crippen LogP contribution >= 0.6 is 0 Å². The maximum atomic E-state index is 13.2. The third-order valence-corrected chi connectivity index (χ3v) is 2.48. The lowest BCUT2D eigenvalue weighted by Crippen LogP contribution is -2.13. The van der Waals surface area contributed by atoms with E-state index in [0.29, 0.717) is 6.07 Å². The average Bonchev–Trinajstić information content (AvgIpc) is 2.24.